The van der Waals surface area contributed by atoms with Crippen LogP contribution in [0, 0.1) is 0 Å². The Kier molecular flexibility index (Phi) is 11.6. The standard InChI is InChI=1S/C15H25NO3.H2O4S/c1-12(2)16-10-14(17)11-19-15-6-4-13(5-7-15)8-9-18-3;1-5(2,3)4/h4-7,12,14,16-17H,8-11H2,1-3H3;(H2,1,2,3,4). The van der Waals surface area contributed by atoms with Crippen LogP contribution < -0.4 is 10.1 Å². The van der Waals surface area contributed by atoms with Gasteiger partial charge in [-0.3, -0.25) is 9.11 Å². The molecule has 0 spiro atoms. The zero-order chi connectivity index (χ0) is 18.6. The molecule has 8 nitrogen and oxygen atoms in total. The van der Waals surface area contributed by atoms with Gasteiger partial charge in [-0.1, -0.05) is 26.0 Å². The molecule has 0 aliphatic rings. The van der Waals surface area contributed by atoms with Gasteiger partial charge in [-0.15, -0.1) is 0 Å². The third-order valence-electron chi connectivity index (χ3n) is 2.72. The molecule has 1 rings (SSSR count). The number of rotatable bonds is 9. The Morgan fingerprint density at radius 3 is 2.17 bits per heavy atom. The van der Waals surface area contributed by atoms with Crippen LogP contribution in [0.4, 0.5) is 0 Å². The predicted molar refractivity (Wildman–Crippen MR) is 90.8 cm³/mol. The van der Waals surface area contributed by atoms with Gasteiger partial charge >= 0.3 is 10.4 Å². The molecule has 1 aromatic carbocycles. The van der Waals surface area contributed by atoms with Crippen molar-refractivity contribution in [1.82, 2.24) is 5.32 Å². The van der Waals surface area contributed by atoms with Crippen molar-refractivity contribution in [2.24, 2.45) is 0 Å². The van der Waals surface area contributed by atoms with E-state index in [1.165, 1.54) is 5.56 Å². The summed E-state index contributed by atoms with van der Waals surface area (Å²) in [4.78, 5) is 0. The Hall–Kier alpha value is -1.23. The second-order valence-electron chi connectivity index (χ2n) is 5.36. The number of hydrogen-bond donors (Lipinski definition) is 4. The van der Waals surface area contributed by atoms with Crippen LogP contribution in [0.3, 0.4) is 0 Å². The monoisotopic (exact) mass is 365 g/mol. The van der Waals surface area contributed by atoms with Gasteiger partial charge in [0.05, 0.1) is 6.61 Å². The molecule has 9 heteroatoms. The van der Waals surface area contributed by atoms with Crippen molar-refractivity contribution < 1.29 is 32.1 Å². The fourth-order valence-corrected chi connectivity index (χ4v) is 1.60. The molecule has 0 aromatic heterocycles. The van der Waals surface area contributed by atoms with E-state index in [4.69, 9.17) is 27.0 Å². The van der Waals surface area contributed by atoms with E-state index in [1.54, 1.807) is 7.11 Å². The van der Waals surface area contributed by atoms with Crippen molar-refractivity contribution in [3.05, 3.63) is 29.8 Å². The zero-order valence-electron chi connectivity index (χ0n) is 14.2. The molecule has 1 unspecified atom stereocenters. The zero-order valence-corrected chi connectivity index (χ0v) is 15.0. The van der Waals surface area contributed by atoms with Crippen LogP contribution in [-0.4, -0.2) is 61.6 Å². The molecule has 140 valence electrons. The van der Waals surface area contributed by atoms with E-state index in [2.05, 4.69) is 5.32 Å². The van der Waals surface area contributed by atoms with Gasteiger partial charge in [0.1, 0.15) is 18.5 Å². The maximum atomic E-state index is 9.73. The van der Waals surface area contributed by atoms with Gasteiger partial charge in [-0.25, -0.2) is 0 Å². The molecule has 0 heterocycles. The molecule has 1 aromatic rings. The molecule has 0 aliphatic carbocycles. The van der Waals surface area contributed by atoms with Gasteiger partial charge in [0, 0.05) is 19.7 Å². The minimum atomic E-state index is -4.67. The van der Waals surface area contributed by atoms with Crippen LogP contribution in [0.1, 0.15) is 19.4 Å². The number of benzene rings is 1. The lowest BCUT2D eigenvalue weighted by Crippen LogP contribution is -2.35. The second kappa shape index (κ2) is 12.2. The molecular weight excluding hydrogens is 338 g/mol. The van der Waals surface area contributed by atoms with Crippen LogP contribution >= 0.6 is 0 Å². The normalized spacial score (nSPS) is 12.5. The van der Waals surface area contributed by atoms with Gasteiger partial charge in [0.2, 0.25) is 0 Å². The number of aliphatic hydroxyl groups excluding tert-OH is 1. The summed E-state index contributed by atoms with van der Waals surface area (Å²) >= 11 is 0. The third kappa shape index (κ3) is 15.7. The largest absolute Gasteiger partial charge is 0.491 e. The molecule has 1 atom stereocenters. The quantitative estimate of drug-likeness (QED) is 0.477. The summed E-state index contributed by atoms with van der Waals surface area (Å²) in [6.07, 6.45) is 0.410. The predicted octanol–water partition coefficient (Wildman–Crippen LogP) is 0.960. The smallest absolute Gasteiger partial charge is 0.394 e. The van der Waals surface area contributed by atoms with E-state index in [1.807, 2.05) is 38.1 Å². The molecule has 0 saturated heterocycles. The van der Waals surface area contributed by atoms with Crippen molar-refractivity contribution in [3.8, 4) is 5.75 Å². The molecule has 24 heavy (non-hydrogen) atoms. The minimum absolute atomic E-state index is 0.303. The summed E-state index contributed by atoms with van der Waals surface area (Å²) in [5.41, 5.74) is 1.22. The first kappa shape index (κ1) is 22.8. The topological polar surface area (TPSA) is 125 Å². The van der Waals surface area contributed by atoms with E-state index in [9.17, 15) is 5.11 Å². The molecule has 0 saturated carbocycles. The number of nitrogens with one attached hydrogen (secondary N) is 1. The molecule has 0 amide bonds. The van der Waals surface area contributed by atoms with Gasteiger partial charge < -0.3 is 19.9 Å². The Morgan fingerprint density at radius 1 is 1.17 bits per heavy atom. The Balaban J connectivity index is 0.000000922. The van der Waals surface area contributed by atoms with E-state index >= 15 is 0 Å². The average molecular weight is 365 g/mol. The number of ether oxygens (including phenoxy) is 2. The highest BCUT2D eigenvalue weighted by atomic mass is 32.3. The number of aliphatic hydroxyl groups is 1. The molecule has 0 fully saturated rings. The maximum absolute atomic E-state index is 9.73. The fourth-order valence-electron chi connectivity index (χ4n) is 1.60. The van der Waals surface area contributed by atoms with Gasteiger partial charge in [-0.05, 0) is 24.1 Å². The Morgan fingerprint density at radius 2 is 1.71 bits per heavy atom. The summed E-state index contributed by atoms with van der Waals surface area (Å²) in [6.45, 7) is 5.67. The molecule has 0 bridgehead atoms. The van der Waals surface area contributed by atoms with Crippen molar-refractivity contribution in [2.45, 2.75) is 32.4 Å². The second-order valence-corrected chi connectivity index (χ2v) is 6.26. The average Bonchev–Trinajstić information content (AvgIpc) is 2.48. The first-order chi connectivity index (χ1) is 11.1. The number of methoxy groups -OCH3 is 1. The van der Waals surface area contributed by atoms with Crippen molar-refractivity contribution in [1.29, 1.82) is 0 Å². The maximum Gasteiger partial charge on any atom is 0.394 e. The van der Waals surface area contributed by atoms with Crippen LogP contribution in [0.15, 0.2) is 24.3 Å². The van der Waals surface area contributed by atoms with Crippen LogP contribution in [0.2, 0.25) is 0 Å². The first-order valence-electron chi connectivity index (χ1n) is 7.43. The van der Waals surface area contributed by atoms with Crippen LogP contribution in [-0.2, 0) is 21.6 Å². The van der Waals surface area contributed by atoms with E-state index in [0.717, 1.165) is 18.8 Å². The third-order valence-corrected chi connectivity index (χ3v) is 2.72. The fraction of sp³-hybridized carbons (Fsp3) is 0.600. The molecule has 0 aliphatic heterocycles. The van der Waals surface area contributed by atoms with Crippen LogP contribution in [0.5, 0.6) is 5.75 Å². The van der Waals surface area contributed by atoms with E-state index in [0.29, 0.717) is 19.2 Å². The first-order valence-corrected chi connectivity index (χ1v) is 8.83. The van der Waals surface area contributed by atoms with Gasteiger partial charge in [0.15, 0.2) is 0 Å². The molecule has 4 N–H and O–H groups in total. The Bertz CT molecular complexity index is 523. The highest BCUT2D eigenvalue weighted by molar-refractivity contribution is 7.79. The summed E-state index contributed by atoms with van der Waals surface area (Å²) in [6, 6.07) is 8.26. The van der Waals surface area contributed by atoms with Crippen molar-refractivity contribution in [3.63, 3.8) is 0 Å². The summed E-state index contributed by atoms with van der Waals surface area (Å²) < 4.78 is 42.2. The van der Waals surface area contributed by atoms with Gasteiger partial charge in [0.25, 0.3) is 0 Å². The van der Waals surface area contributed by atoms with Crippen LogP contribution in [0.25, 0.3) is 0 Å². The Labute approximate surface area is 143 Å². The number of hydrogen-bond acceptors (Lipinski definition) is 6. The summed E-state index contributed by atoms with van der Waals surface area (Å²) in [5.74, 6) is 0.782. The van der Waals surface area contributed by atoms with E-state index < -0.39 is 16.5 Å². The van der Waals surface area contributed by atoms with Crippen molar-refractivity contribution in [2.75, 3.05) is 26.9 Å². The van der Waals surface area contributed by atoms with E-state index in [-0.39, 0.29) is 0 Å². The highest BCUT2D eigenvalue weighted by Crippen LogP contribution is 2.12. The summed E-state index contributed by atoms with van der Waals surface area (Å²) in [5, 5.41) is 12.9. The lowest BCUT2D eigenvalue weighted by molar-refractivity contribution is 0.104. The van der Waals surface area contributed by atoms with Gasteiger partial charge in [-0.2, -0.15) is 8.42 Å². The lowest BCUT2D eigenvalue weighted by Gasteiger charge is -2.15. The SMILES string of the molecule is COCCc1ccc(OCC(O)CNC(C)C)cc1.O=S(=O)(O)O. The van der Waals surface area contributed by atoms with Crippen molar-refractivity contribution >= 4 is 10.4 Å². The lowest BCUT2D eigenvalue weighted by atomic mass is 10.1. The minimum Gasteiger partial charge on any atom is -0.491 e. The summed E-state index contributed by atoms with van der Waals surface area (Å²) in [7, 11) is -2.97. The highest BCUT2D eigenvalue weighted by Gasteiger charge is 2.05. The molecular formula is C15H27NO7S. The molecule has 0 radical (unpaired) electrons.